The van der Waals surface area contributed by atoms with Gasteiger partial charge in [-0.3, -0.25) is 9.69 Å². The number of piperidine rings is 1. The van der Waals surface area contributed by atoms with Gasteiger partial charge in [-0.25, -0.2) is 0 Å². The molecule has 0 radical (unpaired) electrons. The van der Waals surface area contributed by atoms with E-state index in [4.69, 9.17) is 21.1 Å². The molecule has 1 saturated heterocycles. The number of rotatable bonds is 7. The summed E-state index contributed by atoms with van der Waals surface area (Å²) in [5.74, 6) is 1.94. The van der Waals surface area contributed by atoms with Crippen molar-refractivity contribution in [2.24, 2.45) is 11.8 Å². The zero-order chi connectivity index (χ0) is 24.1. The molecule has 184 valence electrons. The van der Waals surface area contributed by atoms with E-state index in [1.54, 1.807) is 0 Å². The summed E-state index contributed by atoms with van der Waals surface area (Å²) in [5, 5.41) is 0.549. The van der Waals surface area contributed by atoms with Gasteiger partial charge in [0.1, 0.15) is 0 Å². The Kier molecular flexibility index (Phi) is 8.38. The summed E-state index contributed by atoms with van der Waals surface area (Å²) in [6.07, 6.45) is 2.83. The molecule has 0 aromatic heterocycles. The van der Waals surface area contributed by atoms with Crippen molar-refractivity contribution >= 4 is 17.5 Å². The summed E-state index contributed by atoms with van der Waals surface area (Å²) >= 11 is 6.53. The Morgan fingerprint density at radius 3 is 2.76 bits per heavy atom. The molecule has 1 atom stereocenters. The number of likely N-dealkylation sites (tertiary alicyclic amines) is 1. The molecule has 34 heavy (non-hydrogen) atoms. The number of nitrogens with zero attached hydrogens (tertiary/aromatic N) is 2. The maximum atomic E-state index is 13.7. The quantitative estimate of drug-likeness (QED) is 0.505. The fourth-order valence-corrected chi connectivity index (χ4v) is 5.28. The van der Waals surface area contributed by atoms with Gasteiger partial charge in [0.25, 0.3) is 0 Å². The van der Waals surface area contributed by atoms with Crippen LogP contribution < -0.4 is 9.47 Å². The summed E-state index contributed by atoms with van der Waals surface area (Å²) in [4.78, 5) is 18.2. The smallest absolute Gasteiger partial charge is 0.227 e. The third-order valence-corrected chi connectivity index (χ3v) is 6.76. The number of carbonyl (C=O) groups excluding carboxylic acids is 1. The number of fused-ring (bicyclic) bond motifs is 1. The lowest BCUT2D eigenvalue weighted by Gasteiger charge is -2.35. The molecule has 0 N–H and O–H groups in total. The van der Waals surface area contributed by atoms with Crippen LogP contribution in [-0.2, 0) is 17.9 Å². The molecule has 0 aliphatic carbocycles. The lowest BCUT2D eigenvalue weighted by atomic mass is 9.95. The van der Waals surface area contributed by atoms with Crippen molar-refractivity contribution in [2.45, 2.75) is 53.1 Å². The number of hydrogen-bond donors (Lipinski definition) is 0. The number of ether oxygens (including phenoxy) is 2. The zero-order valence-corrected chi connectivity index (χ0v) is 21.4. The highest BCUT2D eigenvalue weighted by atomic mass is 35.5. The van der Waals surface area contributed by atoms with E-state index in [1.807, 2.05) is 17.0 Å². The standard InChI is InChI=1S/C28H37ClN2O3/c1-20(2)16-31(18-23-14-25(29)27-26(15-23)33-11-6-12-34-27)28(32)24-9-5-10-30(19-24)17-22-8-4-7-21(3)13-22/h4,7-8,13-15,20,24H,5-6,9-12,16-19H2,1-3H3/t24-/m1/s1. The zero-order valence-electron chi connectivity index (χ0n) is 20.7. The van der Waals surface area contributed by atoms with E-state index in [0.29, 0.717) is 42.2 Å². The Morgan fingerprint density at radius 1 is 1.15 bits per heavy atom. The predicted molar refractivity (Wildman–Crippen MR) is 136 cm³/mol. The van der Waals surface area contributed by atoms with Crippen molar-refractivity contribution in [3.63, 3.8) is 0 Å². The first-order chi connectivity index (χ1) is 16.4. The summed E-state index contributed by atoms with van der Waals surface area (Å²) < 4.78 is 11.6. The van der Waals surface area contributed by atoms with Crippen LogP contribution in [-0.4, -0.2) is 48.6 Å². The van der Waals surface area contributed by atoms with Gasteiger partial charge in [-0.2, -0.15) is 0 Å². The second-order valence-electron chi connectivity index (χ2n) is 10.1. The summed E-state index contributed by atoms with van der Waals surface area (Å²) in [5.41, 5.74) is 3.57. The highest BCUT2D eigenvalue weighted by Crippen LogP contribution is 2.38. The minimum absolute atomic E-state index is 0.0215. The maximum absolute atomic E-state index is 13.7. The molecule has 0 saturated carbocycles. The van der Waals surface area contributed by atoms with Gasteiger partial charge in [-0.1, -0.05) is 55.3 Å². The molecular formula is C28H37ClN2O3. The van der Waals surface area contributed by atoms with Gasteiger partial charge in [-0.15, -0.1) is 0 Å². The molecule has 1 amide bonds. The first-order valence-corrected chi connectivity index (χ1v) is 12.9. The first-order valence-electron chi connectivity index (χ1n) is 12.5. The SMILES string of the molecule is Cc1cccc(CN2CCC[C@@H](C(=O)N(Cc3cc(Cl)c4c(c3)OCCCO4)CC(C)C)C2)c1. The molecular weight excluding hydrogens is 448 g/mol. The molecule has 0 bridgehead atoms. The van der Waals surface area contributed by atoms with E-state index >= 15 is 0 Å². The van der Waals surface area contributed by atoms with Gasteiger partial charge < -0.3 is 14.4 Å². The summed E-state index contributed by atoms with van der Waals surface area (Å²) in [6.45, 7) is 11.7. The molecule has 2 aliphatic rings. The number of amides is 1. The monoisotopic (exact) mass is 484 g/mol. The fraction of sp³-hybridized carbons (Fsp3) is 0.536. The van der Waals surface area contributed by atoms with Crippen LogP contribution >= 0.6 is 11.6 Å². The van der Waals surface area contributed by atoms with E-state index in [2.05, 4.69) is 49.9 Å². The van der Waals surface area contributed by atoms with E-state index in [9.17, 15) is 4.79 Å². The van der Waals surface area contributed by atoms with Crippen molar-refractivity contribution in [3.05, 3.63) is 58.1 Å². The molecule has 2 aliphatic heterocycles. The number of hydrogen-bond acceptors (Lipinski definition) is 4. The molecule has 4 rings (SSSR count). The van der Waals surface area contributed by atoms with Crippen LogP contribution in [0.3, 0.4) is 0 Å². The Labute approximate surface area is 209 Å². The molecule has 0 spiro atoms. The Balaban J connectivity index is 1.47. The van der Waals surface area contributed by atoms with E-state index < -0.39 is 0 Å². The number of halogens is 1. The second kappa shape index (κ2) is 11.5. The number of benzene rings is 2. The minimum Gasteiger partial charge on any atom is -0.489 e. The third-order valence-electron chi connectivity index (χ3n) is 6.48. The highest BCUT2D eigenvalue weighted by molar-refractivity contribution is 6.32. The van der Waals surface area contributed by atoms with Crippen molar-refractivity contribution < 1.29 is 14.3 Å². The van der Waals surface area contributed by atoms with Gasteiger partial charge >= 0.3 is 0 Å². The molecule has 1 fully saturated rings. The number of aryl methyl sites for hydroxylation is 1. The van der Waals surface area contributed by atoms with Gasteiger partial charge in [0, 0.05) is 32.6 Å². The van der Waals surface area contributed by atoms with Crippen molar-refractivity contribution in [1.29, 1.82) is 0 Å². The average molecular weight is 485 g/mol. The largest absolute Gasteiger partial charge is 0.489 e. The maximum Gasteiger partial charge on any atom is 0.227 e. The van der Waals surface area contributed by atoms with Crippen molar-refractivity contribution in [1.82, 2.24) is 9.80 Å². The van der Waals surface area contributed by atoms with E-state index in [-0.39, 0.29) is 11.8 Å². The van der Waals surface area contributed by atoms with Crippen LogP contribution in [0.15, 0.2) is 36.4 Å². The average Bonchev–Trinajstić information content (AvgIpc) is 3.04. The van der Waals surface area contributed by atoms with E-state index in [1.165, 1.54) is 11.1 Å². The van der Waals surface area contributed by atoms with Crippen LogP contribution in [0.1, 0.15) is 49.8 Å². The lowest BCUT2D eigenvalue weighted by molar-refractivity contribution is -0.138. The van der Waals surface area contributed by atoms with Crippen LogP contribution in [0.2, 0.25) is 5.02 Å². The van der Waals surface area contributed by atoms with Crippen LogP contribution in [0, 0.1) is 18.8 Å². The van der Waals surface area contributed by atoms with Gasteiger partial charge in [-0.05, 0) is 55.5 Å². The predicted octanol–water partition coefficient (Wildman–Crippen LogP) is 5.71. The molecule has 0 unspecified atom stereocenters. The fourth-order valence-electron chi connectivity index (χ4n) is 5.00. The van der Waals surface area contributed by atoms with Gasteiger partial charge in [0.2, 0.25) is 5.91 Å². The summed E-state index contributed by atoms with van der Waals surface area (Å²) in [7, 11) is 0. The van der Waals surface area contributed by atoms with Crippen LogP contribution in [0.4, 0.5) is 0 Å². The third kappa shape index (κ3) is 6.45. The van der Waals surface area contributed by atoms with Crippen LogP contribution in [0.25, 0.3) is 0 Å². The minimum atomic E-state index is 0.0215. The topological polar surface area (TPSA) is 42.0 Å². The summed E-state index contributed by atoms with van der Waals surface area (Å²) in [6, 6.07) is 12.6. The van der Waals surface area contributed by atoms with Gasteiger partial charge in [0.15, 0.2) is 11.5 Å². The first kappa shape index (κ1) is 24.9. The normalized spacial score (nSPS) is 18.6. The Hall–Kier alpha value is -2.24. The highest BCUT2D eigenvalue weighted by Gasteiger charge is 2.30. The molecule has 6 heteroatoms. The molecule has 2 aromatic rings. The van der Waals surface area contributed by atoms with Crippen molar-refractivity contribution in [2.75, 3.05) is 32.8 Å². The van der Waals surface area contributed by atoms with E-state index in [0.717, 1.165) is 51.0 Å². The van der Waals surface area contributed by atoms with Crippen LogP contribution in [0.5, 0.6) is 11.5 Å². The Morgan fingerprint density at radius 2 is 1.97 bits per heavy atom. The molecule has 2 heterocycles. The molecule has 2 aromatic carbocycles. The van der Waals surface area contributed by atoms with Gasteiger partial charge in [0.05, 0.1) is 24.2 Å². The second-order valence-corrected chi connectivity index (χ2v) is 10.5. The van der Waals surface area contributed by atoms with Crippen molar-refractivity contribution in [3.8, 4) is 11.5 Å². The molecule has 5 nitrogen and oxygen atoms in total. The number of carbonyl (C=O) groups is 1. The Bertz CT molecular complexity index is 994. The lowest BCUT2D eigenvalue weighted by Crippen LogP contribution is -2.45.